The lowest BCUT2D eigenvalue weighted by molar-refractivity contribution is -0.118. The van der Waals surface area contributed by atoms with Crippen LogP contribution in [0.5, 0.6) is 0 Å². The quantitative estimate of drug-likeness (QED) is 0.322. The van der Waals surface area contributed by atoms with E-state index in [0.29, 0.717) is 51.6 Å². The summed E-state index contributed by atoms with van der Waals surface area (Å²) in [5.41, 5.74) is 2.78. The predicted molar refractivity (Wildman–Crippen MR) is 138 cm³/mol. The first-order chi connectivity index (χ1) is 17.5. The summed E-state index contributed by atoms with van der Waals surface area (Å²) in [5, 5.41) is 21.4. The van der Waals surface area contributed by atoms with Crippen LogP contribution in [0, 0.1) is 0 Å². The smallest absolute Gasteiger partial charge is 0.261 e. The number of pyridine rings is 2. The number of nitrogens with one attached hydrogen (secondary N) is 2. The van der Waals surface area contributed by atoms with Crippen molar-refractivity contribution in [3.8, 4) is 10.4 Å². The Kier molecular flexibility index (Phi) is 5.78. The van der Waals surface area contributed by atoms with Crippen LogP contribution in [-0.4, -0.2) is 71.0 Å². The number of thiazole rings is 1. The topological polar surface area (TPSA) is 133 Å². The van der Waals surface area contributed by atoms with Crippen LogP contribution in [0.25, 0.3) is 37.2 Å². The highest BCUT2D eigenvalue weighted by Crippen LogP contribution is 2.33. The van der Waals surface area contributed by atoms with E-state index >= 15 is 0 Å². The van der Waals surface area contributed by atoms with Gasteiger partial charge in [-0.05, 0) is 32.4 Å². The van der Waals surface area contributed by atoms with Crippen LogP contribution >= 0.6 is 11.3 Å². The van der Waals surface area contributed by atoms with Gasteiger partial charge in [-0.25, -0.2) is 4.52 Å². The van der Waals surface area contributed by atoms with Gasteiger partial charge in [-0.2, -0.15) is 10.2 Å². The Balaban J connectivity index is 1.30. The first-order valence-electron chi connectivity index (χ1n) is 12.0. The highest BCUT2D eigenvalue weighted by molar-refractivity contribution is 7.21. The average Bonchev–Trinajstić information content (AvgIpc) is 3.55. The zero-order valence-corrected chi connectivity index (χ0v) is 20.6. The lowest BCUT2D eigenvalue weighted by Gasteiger charge is -2.32. The second-order valence-electron chi connectivity index (χ2n) is 9.22. The number of aliphatic hydroxyl groups excluding tert-OH is 1. The van der Waals surface area contributed by atoms with Crippen LogP contribution < -0.4 is 10.9 Å². The van der Waals surface area contributed by atoms with Gasteiger partial charge >= 0.3 is 0 Å². The molecule has 0 aliphatic carbocycles. The van der Waals surface area contributed by atoms with Crippen LogP contribution in [0.4, 0.5) is 5.69 Å². The van der Waals surface area contributed by atoms with Crippen LogP contribution in [0.15, 0.2) is 35.6 Å². The molecule has 36 heavy (non-hydrogen) atoms. The molecule has 6 rings (SSSR count). The Morgan fingerprint density at radius 2 is 2.17 bits per heavy atom. The Hall–Kier alpha value is -3.61. The molecule has 12 heteroatoms. The van der Waals surface area contributed by atoms with Crippen LogP contribution in [0.2, 0.25) is 0 Å². The molecule has 1 unspecified atom stereocenters. The number of aromatic nitrogens is 6. The van der Waals surface area contributed by atoms with Crippen molar-refractivity contribution in [2.75, 3.05) is 25.0 Å². The summed E-state index contributed by atoms with van der Waals surface area (Å²) in [6, 6.07) is 2.13. The van der Waals surface area contributed by atoms with E-state index in [2.05, 4.69) is 37.3 Å². The molecule has 1 fully saturated rings. The van der Waals surface area contributed by atoms with Gasteiger partial charge in [0.1, 0.15) is 21.3 Å². The minimum Gasteiger partial charge on any atom is -0.394 e. The van der Waals surface area contributed by atoms with E-state index in [1.165, 1.54) is 17.8 Å². The number of fused-ring (bicyclic) bond motifs is 5. The maximum Gasteiger partial charge on any atom is 0.261 e. The molecule has 1 amide bonds. The van der Waals surface area contributed by atoms with Crippen LogP contribution in [-0.2, 0) is 11.3 Å². The molecule has 3 N–H and O–H groups in total. The number of nitrogens with zero attached hydrogens (tertiary/aromatic N) is 6. The van der Waals surface area contributed by atoms with E-state index in [1.54, 1.807) is 27.7 Å². The molecule has 0 saturated carbocycles. The van der Waals surface area contributed by atoms with Crippen molar-refractivity contribution < 1.29 is 9.90 Å². The van der Waals surface area contributed by atoms with E-state index in [-0.39, 0.29) is 18.1 Å². The van der Waals surface area contributed by atoms with Crippen molar-refractivity contribution in [1.82, 2.24) is 34.3 Å². The monoisotopic (exact) mass is 506 g/mol. The summed E-state index contributed by atoms with van der Waals surface area (Å²) >= 11 is 1.44. The number of anilines is 1. The molecule has 1 saturated heterocycles. The molecule has 0 radical (unpaired) electrons. The number of amides is 1. The minimum absolute atomic E-state index is 0.0119. The molecule has 1 atom stereocenters. The standard InChI is InChI=1S/C24H26N8O3S/c1-14-4-2-3-5-30(14)13-19(34)27-16-8-17-21(25-10-16)22-20(23(35)28-17)24-32(29-22)12-18(36-24)15-9-26-31(11-15)6-7-33/h8-12,14,33H,2-7,13H2,1H3,(H,27,34)(H,28,35). The fourth-order valence-corrected chi connectivity index (χ4v) is 5.91. The van der Waals surface area contributed by atoms with Crippen LogP contribution in [0.3, 0.4) is 0 Å². The fourth-order valence-electron chi connectivity index (χ4n) is 4.84. The summed E-state index contributed by atoms with van der Waals surface area (Å²) in [7, 11) is 0. The van der Waals surface area contributed by atoms with Gasteiger partial charge in [0.15, 0.2) is 0 Å². The van der Waals surface area contributed by atoms with Crippen molar-refractivity contribution in [2.45, 2.75) is 38.8 Å². The van der Waals surface area contributed by atoms with Gasteiger partial charge in [-0.3, -0.25) is 24.2 Å². The lowest BCUT2D eigenvalue weighted by Crippen LogP contribution is -2.42. The number of likely N-dealkylation sites (tertiary alicyclic amines) is 1. The third-order valence-corrected chi connectivity index (χ3v) is 7.86. The van der Waals surface area contributed by atoms with Crippen molar-refractivity contribution in [3.63, 3.8) is 0 Å². The largest absolute Gasteiger partial charge is 0.394 e. The third-order valence-electron chi connectivity index (χ3n) is 6.72. The van der Waals surface area contributed by atoms with Crippen LogP contribution in [0.1, 0.15) is 26.2 Å². The van der Waals surface area contributed by atoms with Gasteiger partial charge in [0, 0.05) is 24.0 Å². The number of hydrogen-bond acceptors (Lipinski definition) is 8. The molecule has 1 aliphatic heterocycles. The van der Waals surface area contributed by atoms with Crippen molar-refractivity contribution >= 4 is 49.7 Å². The molecule has 1 aliphatic rings. The van der Waals surface area contributed by atoms with Gasteiger partial charge < -0.3 is 15.4 Å². The normalized spacial score (nSPS) is 16.9. The molecular formula is C24H26N8O3S. The molecule has 11 nitrogen and oxygen atoms in total. The highest BCUT2D eigenvalue weighted by atomic mass is 32.1. The number of piperidine rings is 1. The average molecular weight is 507 g/mol. The van der Waals surface area contributed by atoms with E-state index < -0.39 is 0 Å². The van der Waals surface area contributed by atoms with E-state index in [1.807, 2.05) is 12.4 Å². The third kappa shape index (κ3) is 4.06. The van der Waals surface area contributed by atoms with Gasteiger partial charge in [0.05, 0.1) is 48.2 Å². The predicted octanol–water partition coefficient (Wildman–Crippen LogP) is 2.45. The van der Waals surface area contributed by atoms with E-state index in [4.69, 9.17) is 5.11 Å². The zero-order valence-electron chi connectivity index (χ0n) is 19.8. The van der Waals surface area contributed by atoms with Gasteiger partial charge in [-0.1, -0.05) is 6.42 Å². The molecule has 5 aromatic heterocycles. The Morgan fingerprint density at radius 3 is 3.00 bits per heavy atom. The summed E-state index contributed by atoms with van der Waals surface area (Å²) in [6.07, 6.45) is 10.5. The Morgan fingerprint density at radius 1 is 1.28 bits per heavy atom. The van der Waals surface area contributed by atoms with Gasteiger partial charge in [0.25, 0.3) is 5.56 Å². The van der Waals surface area contributed by atoms with Crippen molar-refractivity contribution in [3.05, 3.63) is 41.2 Å². The van der Waals surface area contributed by atoms with E-state index in [9.17, 15) is 9.59 Å². The molecule has 6 heterocycles. The second kappa shape index (κ2) is 9.12. The van der Waals surface area contributed by atoms with Gasteiger partial charge in [0.2, 0.25) is 5.91 Å². The van der Waals surface area contributed by atoms with Gasteiger partial charge in [-0.15, -0.1) is 11.3 Å². The van der Waals surface area contributed by atoms with E-state index in [0.717, 1.165) is 29.8 Å². The molecule has 186 valence electrons. The van der Waals surface area contributed by atoms with Crippen molar-refractivity contribution in [2.24, 2.45) is 0 Å². The number of carbonyl (C=O) groups excluding carboxylic acids is 1. The number of H-pyrrole nitrogens is 1. The summed E-state index contributed by atoms with van der Waals surface area (Å²) in [6.45, 7) is 3.86. The second-order valence-corrected chi connectivity index (χ2v) is 10.3. The maximum absolute atomic E-state index is 13.1. The summed E-state index contributed by atoms with van der Waals surface area (Å²) in [4.78, 5) is 37.0. The van der Waals surface area contributed by atoms with Crippen molar-refractivity contribution in [1.29, 1.82) is 0 Å². The fraction of sp³-hybridized carbons (Fsp3) is 0.375. The zero-order chi connectivity index (χ0) is 24.8. The SMILES string of the molecule is CC1CCCCN1CC(=O)Nc1cnc2c(c1)[nH]c(=O)c1c2nn2cc(-c3cnn(CCO)c3)sc12. The Bertz CT molecular complexity index is 1650. The molecule has 0 spiro atoms. The number of aliphatic hydroxyl groups is 1. The lowest BCUT2D eigenvalue weighted by atomic mass is 10.0. The number of aromatic amines is 1. The Labute approximate surface area is 209 Å². The molecule has 0 bridgehead atoms. The highest BCUT2D eigenvalue weighted by Gasteiger charge is 2.21. The number of carbonyl (C=O) groups is 1. The summed E-state index contributed by atoms with van der Waals surface area (Å²) in [5.74, 6) is -0.0920. The number of hydrogen-bond donors (Lipinski definition) is 3. The first-order valence-corrected chi connectivity index (χ1v) is 12.8. The summed E-state index contributed by atoms with van der Waals surface area (Å²) < 4.78 is 3.36. The maximum atomic E-state index is 13.1. The minimum atomic E-state index is -0.260. The first kappa shape index (κ1) is 22.8. The molecule has 0 aromatic carbocycles. The molecular weight excluding hydrogens is 480 g/mol. The molecule has 5 aromatic rings. The number of rotatable bonds is 6.